The second kappa shape index (κ2) is 8.83. The molecule has 0 bridgehead atoms. The van der Waals surface area contributed by atoms with E-state index in [1.165, 1.54) is 4.90 Å². The van der Waals surface area contributed by atoms with Crippen LogP contribution in [0.25, 0.3) is 11.4 Å². The highest BCUT2D eigenvalue weighted by atomic mass is 16.5. The molecule has 0 spiro atoms. The van der Waals surface area contributed by atoms with E-state index in [1.54, 1.807) is 55.8 Å². The number of benzene rings is 1. The Balaban J connectivity index is 1.40. The minimum absolute atomic E-state index is 0.156. The van der Waals surface area contributed by atoms with Gasteiger partial charge in [0, 0.05) is 42.9 Å². The molecular formula is C21H21N5O4. The molecule has 30 heavy (non-hydrogen) atoms. The lowest BCUT2D eigenvalue weighted by atomic mass is 10.1. The maximum Gasteiger partial charge on any atom is 0.254 e. The van der Waals surface area contributed by atoms with Crippen molar-refractivity contribution < 1.29 is 18.8 Å². The van der Waals surface area contributed by atoms with Gasteiger partial charge in [0.05, 0.1) is 6.54 Å². The summed E-state index contributed by atoms with van der Waals surface area (Å²) >= 11 is 0. The van der Waals surface area contributed by atoms with Crippen molar-refractivity contribution in [1.82, 2.24) is 20.0 Å². The van der Waals surface area contributed by atoms with Crippen LogP contribution in [-0.4, -0.2) is 51.6 Å². The van der Waals surface area contributed by atoms with Gasteiger partial charge in [0.2, 0.25) is 11.7 Å². The van der Waals surface area contributed by atoms with Crippen molar-refractivity contribution in [2.24, 2.45) is 0 Å². The number of pyridine rings is 1. The zero-order chi connectivity index (χ0) is 20.9. The van der Waals surface area contributed by atoms with Gasteiger partial charge >= 0.3 is 0 Å². The summed E-state index contributed by atoms with van der Waals surface area (Å²) in [6.07, 6.45) is 4.44. The lowest BCUT2D eigenvalue weighted by molar-refractivity contribution is -0.124. The third-order valence-electron chi connectivity index (χ3n) is 4.72. The van der Waals surface area contributed by atoms with Crippen LogP contribution in [0.1, 0.15) is 29.1 Å². The zero-order valence-electron chi connectivity index (χ0n) is 16.4. The third-order valence-corrected chi connectivity index (χ3v) is 4.72. The summed E-state index contributed by atoms with van der Waals surface area (Å²) in [5, 5.41) is 6.75. The topological polar surface area (TPSA) is 110 Å². The van der Waals surface area contributed by atoms with Crippen LogP contribution in [0.3, 0.4) is 0 Å². The van der Waals surface area contributed by atoms with Crippen molar-refractivity contribution in [2.75, 3.05) is 19.0 Å². The molecule has 1 saturated heterocycles. The average Bonchev–Trinajstić information content (AvgIpc) is 3.46. The molecule has 0 aliphatic carbocycles. The van der Waals surface area contributed by atoms with Crippen molar-refractivity contribution in [2.45, 2.75) is 25.5 Å². The Labute approximate surface area is 173 Å². The molecule has 2 amide bonds. The second-order valence-corrected chi connectivity index (χ2v) is 6.98. The van der Waals surface area contributed by atoms with E-state index in [0.29, 0.717) is 36.0 Å². The molecule has 1 N–H and O–H groups in total. The smallest absolute Gasteiger partial charge is 0.254 e. The normalized spacial score (nSPS) is 15.7. The molecule has 9 nitrogen and oxygen atoms in total. The van der Waals surface area contributed by atoms with Gasteiger partial charge < -0.3 is 19.5 Å². The number of carbonyl (C=O) groups excluding carboxylic acids is 2. The molecule has 154 valence electrons. The number of anilines is 1. The van der Waals surface area contributed by atoms with Crippen LogP contribution in [0.15, 0.2) is 53.3 Å². The molecule has 1 aliphatic rings. The number of amides is 2. The Morgan fingerprint density at radius 1 is 1.23 bits per heavy atom. The van der Waals surface area contributed by atoms with Crippen molar-refractivity contribution in [3.63, 3.8) is 0 Å². The number of nitrogens with zero attached hydrogens (tertiary/aromatic N) is 4. The Morgan fingerprint density at radius 2 is 2.07 bits per heavy atom. The molecule has 1 fully saturated rings. The van der Waals surface area contributed by atoms with E-state index in [-0.39, 0.29) is 18.4 Å². The molecule has 1 atom stereocenters. The molecule has 3 heterocycles. The maximum absolute atomic E-state index is 12.8. The number of aromatic nitrogens is 3. The van der Waals surface area contributed by atoms with Crippen LogP contribution in [0.2, 0.25) is 0 Å². The first-order valence-corrected chi connectivity index (χ1v) is 9.61. The molecular weight excluding hydrogens is 386 g/mol. The lowest BCUT2D eigenvalue weighted by Crippen LogP contribution is -2.28. The molecule has 1 unspecified atom stereocenters. The fraction of sp³-hybridized carbons (Fsp3) is 0.286. The number of carbonyl (C=O) groups is 2. The van der Waals surface area contributed by atoms with E-state index in [1.807, 2.05) is 0 Å². The fourth-order valence-electron chi connectivity index (χ4n) is 3.17. The largest absolute Gasteiger partial charge is 0.368 e. The summed E-state index contributed by atoms with van der Waals surface area (Å²) in [4.78, 5) is 34.8. The van der Waals surface area contributed by atoms with Crippen molar-refractivity contribution in [1.29, 1.82) is 0 Å². The van der Waals surface area contributed by atoms with Crippen LogP contribution < -0.4 is 5.32 Å². The average molecular weight is 407 g/mol. The number of rotatable bonds is 6. The monoisotopic (exact) mass is 407 g/mol. The van der Waals surface area contributed by atoms with Crippen LogP contribution in [0, 0.1) is 0 Å². The van der Waals surface area contributed by atoms with E-state index >= 15 is 0 Å². The highest BCUT2D eigenvalue weighted by molar-refractivity contribution is 5.98. The SMILES string of the molecule is CN(Cc1nc(-c2ccncc2)no1)C(=O)c1cccc(NC(=O)C2CCCO2)c1. The van der Waals surface area contributed by atoms with Crippen LogP contribution in [0.5, 0.6) is 0 Å². The number of hydrogen-bond acceptors (Lipinski definition) is 7. The zero-order valence-corrected chi connectivity index (χ0v) is 16.4. The molecule has 1 aliphatic heterocycles. The van der Waals surface area contributed by atoms with Gasteiger partial charge in [-0.15, -0.1) is 0 Å². The molecule has 4 rings (SSSR count). The van der Waals surface area contributed by atoms with Crippen molar-refractivity contribution in [3.8, 4) is 11.4 Å². The Hall–Kier alpha value is -3.59. The summed E-state index contributed by atoms with van der Waals surface area (Å²) in [5.74, 6) is 0.333. The van der Waals surface area contributed by atoms with Gasteiger partial charge in [-0.05, 0) is 43.2 Å². The summed E-state index contributed by atoms with van der Waals surface area (Å²) in [7, 11) is 1.65. The first-order chi connectivity index (χ1) is 14.6. The van der Waals surface area contributed by atoms with E-state index in [2.05, 4.69) is 20.4 Å². The molecule has 0 radical (unpaired) electrons. The van der Waals surface area contributed by atoms with Gasteiger partial charge in [-0.2, -0.15) is 4.98 Å². The van der Waals surface area contributed by atoms with E-state index < -0.39 is 6.10 Å². The molecule has 9 heteroatoms. The minimum Gasteiger partial charge on any atom is -0.368 e. The first kappa shape index (κ1) is 19.7. The number of ether oxygens (including phenoxy) is 1. The molecule has 1 aromatic carbocycles. The quantitative estimate of drug-likeness (QED) is 0.668. The summed E-state index contributed by atoms with van der Waals surface area (Å²) in [5.41, 5.74) is 1.77. The summed E-state index contributed by atoms with van der Waals surface area (Å²) in [6, 6.07) is 10.3. The van der Waals surface area contributed by atoms with Crippen molar-refractivity contribution >= 4 is 17.5 Å². The van der Waals surface area contributed by atoms with Crippen LogP contribution in [0.4, 0.5) is 5.69 Å². The van der Waals surface area contributed by atoms with Gasteiger partial charge in [0.25, 0.3) is 11.8 Å². The van der Waals surface area contributed by atoms with E-state index in [4.69, 9.17) is 9.26 Å². The highest BCUT2D eigenvalue weighted by Gasteiger charge is 2.24. The fourth-order valence-corrected chi connectivity index (χ4v) is 3.17. The minimum atomic E-state index is -0.431. The molecule has 2 aromatic heterocycles. The standard InChI is InChI=1S/C21H21N5O4/c1-26(13-18-24-19(25-30-18)14-7-9-22-10-8-14)21(28)15-4-2-5-16(12-15)23-20(27)17-6-3-11-29-17/h2,4-5,7-10,12,17H,3,6,11,13H2,1H3,(H,23,27). The van der Waals surface area contributed by atoms with Crippen molar-refractivity contribution in [3.05, 3.63) is 60.2 Å². The summed E-state index contributed by atoms with van der Waals surface area (Å²) in [6.45, 7) is 0.753. The van der Waals surface area contributed by atoms with E-state index in [0.717, 1.165) is 12.0 Å². The predicted octanol–water partition coefficient (Wildman–Crippen LogP) is 2.52. The van der Waals surface area contributed by atoms with Crippen LogP contribution >= 0.6 is 0 Å². The van der Waals surface area contributed by atoms with Crippen LogP contribution in [-0.2, 0) is 16.1 Å². The highest BCUT2D eigenvalue weighted by Crippen LogP contribution is 2.18. The van der Waals surface area contributed by atoms with Gasteiger partial charge in [-0.1, -0.05) is 11.2 Å². The Bertz CT molecular complexity index is 1030. The molecule has 0 saturated carbocycles. The number of nitrogens with one attached hydrogen (secondary N) is 1. The molecule has 3 aromatic rings. The van der Waals surface area contributed by atoms with Gasteiger partial charge in [0.15, 0.2) is 0 Å². The van der Waals surface area contributed by atoms with E-state index in [9.17, 15) is 9.59 Å². The van der Waals surface area contributed by atoms with Gasteiger partial charge in [0.1, 0.15) is 6.10 Å². The lowest BCUT2D eigenvalue weighted by Gasteiger charge is -2.16. The Morgan fingerprint density at radius 3 is 2.83 bits per heavy atom. The maximum atomic E-state index is 12.8. The predicted molar refractivity (Wildman–Crippen MR) is 107 cm³/mol. The second-order valence-electron chi connectivity index (χ2n) is 6.98. The number of hydrogen-bond donors (Lipinski definition) is 1. The van der Waals surface area contributed by atoms with Gasteiger partial charge in [-0.25, -0.2) is 0 Å². The Kier molecular flexibility index (Phi) is 5.80. The third kappa shape index (κ3) is 4.52. The van der Waals surface area contributed by atoms with Gasteiger partial charge in [-0.3, -0.25) is 14.6 Å². The summed E-state index contributed by atoms with van der Waals surface area (Å²) < 4.78 is 10.7. The first-order valence-electron chi connectivity index (χ1n) is 9.61.